The SMILES string of the molecule is CSc1ccc(C(C)NC(=O)C2(N)CCCC2)cc1. The van der Waals surface area contributed by atoms with Crippen molar-refractivity contribution >= 4 is 17.7 Å². The third-order valence-electron chi connectivity index (χ3n) is 3.91. The van der Waals surface area contributed by atoms with Gasteiger partial charge in [-0.25, -0.2) is 0 Å². The molecule has 2 rings (SSSR count). The van der Waals surface area contributed by atoms with Crippen LogP contribution in [0.15, 0.2) is 29.2 Å². The van der Waals surface area contributed by atoms with Gasteiger partial charge in [0.2, 0.25) is 5.91 Å². The van der Waals surface area contributed by atoms with Crippen LogP contribution >= 0.6 is 11.8 Å². The molecular weight excluding hydrogens is 256 g/mol. The Kier molecular flexibility index (Phi) is 4.53. The number of carbonyl (C=O) groups excluding carboxylic acids is 1. The van der Waals surface area contributed by atoms with E-state index in [1.807, 2.05) is 6.92 Å². The molecule has 3 N–H and O–H groups in total. The summed E-state index contributed by atoms with van der Waals surface area (Å²) in [6.07, 6.45) is 5.77. The van der Waals surface area contributed by atoms with Crippen LogP contribution in [0.3, 0.4) is 0 Å². The summed E-state index contributed by atoms with van der Waals surface area (Å²) in [6, 6.07) is 8.29. The number of amides is 1. The van der Waals surface area contributed by atoms with Crippen LogP contribution in [0.4, 0.5) is 0 Å². The lowest BCUT2D eigenvalue weighted by molar-refractivity contribution is -0.126. The highest BCUT2D eigenvalue weighted by Crippen LogP contribution is 2.28. The maximum absolute atomic E-state index is 12.2. The number of hydrogen-bond donors (Lipinski definition) is 2. The van der Waals surface area contributed by atoms with Crippen LogP contribution in [-0.2, 0) is 4.79 Å². The lowest BCUT2D eigenvalue weighted by Gasteiger charge is -2.25. The summed E-state index contributed by atoms with van der Waals surface area (Å²) in [4.78, 5) is 13.5. The minimum atomic E-state index is -0.645. The molecule has 0 saturated heterocycles. The van der Waals surface area contributed by atoms with Gasteiger partial charge in [0.25, 0.3) is 0 Å². The number of benzene rings is 1. The molecule has 1 amide bonds. The Balaban J connectivity index is 1.99. The van der Waals surface area contributed by atoms with Gasteiger partial charge in [-0.1, -0.05) is 25.0 Å². The minimum absolute atomic E-state index is 0.00410. The third-order valence-corrected chi connectivity index (χ3v) is 4.65. The molecule has 3 nitrogen and oxygen atoms in total. The molecule has 1 aliphatic rings. The second-order valence-electron chi connectivity index (χ2n) is 5.33. The lowest BCUT2D eigenvalue weighted by Crippen LogP contribution is -2.52. The van der Waals surface area contributed by atoms with Crippen LogP contribution in [0.2, 0.25) is 0 Å². The maximum Gasteiger partial charge on any atom is 0.240 e. The van der Waals surface area contributed by atoms with Crippen molar-refractivity contribution in [1.82, 2.24) is 5.32 Å². The smallest absolute Gasteiger partial charge is 0.240 e. The molecule has 1 saturated carbocycles. The van der Waals surface area contributed by atoms with Crippen LogP contribution in [0.25, 0.3) is 0 Å². The van der Waals surface area contributed by atoms with Gasteiger partial charge in [0.1, 0.15) is 0 Å². The molecule has 0 spiro atoms. The van der Waals surface area contributed by atoms with Crippen LogP contribution in [0, 0.1) is 0 Å². The third kappa shape index (κ3) is 3.31. The first-order chi connectivity index (χ1) is 9.05. The maximum atomic E-state index is 12.2. The minimum Gasteiger partial charge on any atom is -0.348 e. The van der Waals surface area contributed by atoms with Crippen molar-refractivity contribution in [2.24, 2.45) is 5.73 Å². The molecule has 0 aliphatic heterocycles. The summed E-state index contributed by atoms with van der Waals surface area (Å²) < 4.78 is 0. The number of carbonyl (C=O) groups is 1. The highest BCUT2D eigenvalue weighted by molar-refractivity contribution is 7.98. The van der Waals surface area contributed by atoms with Gasteiger partial charge in [-0.3, -0.25) is 4.79 Å². The fraction of sp³-hybridized carbons (Fsp3) is 0.533. The van der Waals surface area contributed by atoms with Crippen molar-refractivity contribution in [3.63, 3.8) is 0 Å². The highest BCUT2D eigenvalue weighted by atomic mass is 32.2. The van der Waals surface area contributed by atoms with Crippen molar-refractivity contribution in [1.29, 1.82) is 0 Å². The number of nitrogens with two attached hydrogens (primary N) is 1. The Hall–Kier alpha value is -1.00. The first kappa shape index (κ1) is 14.4. The molecule has 4 heteroatoms. The van der Waals surface area contributed by atoms with Crippen molar-refractivity contribution < 1.29 is 4.79 Å². The van der Waals surface area contributed by atoms with Crippen LogP contribution < -0.4 is 11.1 Å². The number of rotatable bonds is 4. The molecule has 19 heavy (non-hydrogen) atoms. The van der Waals surface area contributed by atoms with E-state index in [1.54, 1.807) is 11.8 Å². The van der Waals surface area contributed by atoms with Crippen LogP contribution in [0.1, 0.15) is 44.2 Å². The Labute approximate surface area is 119 Å². The van der Waals surface area contributed by atoms with Gasteiger partial charge >= 0.3 is 0 Å². The Morgan fingerprint density at radius 1 is 1.32 bits per heavy atom. The van der Waals surface area contributed by atoms with Crippen molar-refractivity contribution in [2.45, 2.75) is 49.1 Å². The molecule has 1 atom stereocenters. The van der Waals surface area contributed by atoms with E-state index in [1.165, 1.54) is 4.90 Å². The average molecular weight is 278 g/mol. The quantitative estimate of drug-likeness (QED) is 0.833. The molecule has 0 heterocycles. The first-order valence-electron chi connectivity index (χ1n) is 6.79. The predicted molar refractivity (Wildman–Crippen MR) is 80.2 cm³/mol. The molecule has 1 aliphatic carbocycles. The second-order valence-corrected chi connectivity index (χ2v) is 6.21. The van der Waals surface area contributed by atoms with Crippen molar-refractivity contribution in [3.8, 4) is 0 Å². The standard InChI is InChI=1S/C15H22N2OS/c1-11(12-5-7-13(19-2)8-6-12)17-14(18)15(16)9-3-4-10-15/h5-8,11H,3-4,9-10,16H2,1-2H3,(H,17,18). The molecule has 104 valence electrons. The fourth-order valence-electron chi connectivity index (χ4n) is 2.55. The van der Waals surface area contributed by atoms with Gasteiger partial charge in [0, 0.05) is 4.90 Å². The summed E-state index contributed by atoms with van der Waals surface area (Å²) in [5.74, 6) is -0.00792. The van der Waals surface area contributed by atoms with Gasteiger partial charge in [0.15, 0.2) is 0 Å². The second kappa shape index (κ2) is 5.97. The Bertz CT molecular complexity index is 438. The summed E-state index contributed by atoms with van der Waals surface area (Å²) in [6.45, 7) is 2.00. The summed E-state index contributed by atoms with van der Waals surface area (Å²) in [5, 5.41) is 3.05. The molecule has 1 fully saturated rings. The average Bonchev–Trinajstić information content (AvgIpc) is 2.87. The zero-order valence-electron chi connectivity index (χ0n) is 11.6. The van der Waals surface area contributed by atoms with Gasteiger partial charge in [0.05, 0.1) is 11.6 Å². The van der Waals surface area contributed by atoms with E-state index in [0.717, 1.165) is 31.2 Å². The largest absolute Gasteiger partial charge is 0.348 e. The van der Waals surface area contributed by atoms with E-state index in [0.29, 0.717) is 0 Å². The van der Waals surface area contributed by atoms with E-state index in [9.17, 15) is 4.79 Å². The molecule has 1 unspecified atom stereocenters. The van der Waals surface area contributed by atoms with Crippen LogP contribution in [0.5, 0.6) is 0 Å². The zero-order chi connectivity index (χ0) is 13.9. The van der Waals surface area contributed by atoms with Crippen molar-refractivity contribution in [2.75, 3.05) is 6.26 Å². The van der Waals surface area contributed by atoms with Gasteiger partial charge in [-0.15, -0.1) is 11.8 Å². The van der Waals surface area contributed by atoms with E-state index >= 15 is 0 Å². The number of hydrogen-bond acceptors (Lipinski definition) is 3. The Morgan fingerprint density at radius 3 is 2.42 bits per heavy atom. The molecular formula is C15H22N2OS. The number of nitrogens with one attached hydrogen (secondary N) is 1. The van der Waals surface area contributed by atoms with E-state index in [-0.39, 0.29) is 11.9 Å². The highest BCUT2D eigenvalue weighted by Gasteiger charge is 2.37. The normalized spacial score (nSPS) is 19.1. The fourth-order valence-corrected chi connectivity index (χ4v) is 2.96. The monoisotopic (exact) mass is 278 g/mol. The Morgan fingerprint density at radius 2 is 1.89 bits per heavy atom. The van der Waals surface area contributed by atoms with Crippen LogP contribution in [-0.4, -0.2) is 17.7 Å². The van der Waals surface area contributed by atoms with Gasteiger partial charge in [-0.05, 0) is 43.7 Å². The molecule has 1 aromatic rings. The van der Waals surface area contributed by atoms with E-state index in [2.05, 4.69) is 35.8 Å². The molecule has 0 aromatic heterocycles. The molecule has 0 radical (unpaired) electrons. The summed E-state index contributed by atoms with van der Waals surface area (Å²) >= 11 is 1.72. The lowest BCUT2D eigenvalue weighted by atomic mass is 9.97. The van der Waals surface area contributed by atoms with Crippen molar-refractivity contribution in [3.05, 3.63) is 29.8 Å². The molecule has 1 aromatic carbocycles. The zero-order valence-corrected chi connectivity index (χ0v) is 12.4. The summed E-state index contributed by atoms with van der Waals surface area (Å²) in [5.41, 5.74) is 6.63. The molecule has 0 bridgehead atoms. The summed E-state index contributed by atoms with van der Waals surface area (Å²) in [7, 11) is 0. The van der Waals surface area contributed by atoms with Gasteiger partial charge in [-0.2, -0.15) is 0 Å². The van der Waals surface area contributed by atoms with E-state index < -0.39 is 5.54 Å². The topological polar surface area (TPSA) is 55.1 Å². The van der Waals surface area contributed by atoms with Gasteiger partial charge < -0.3 is 11.1 Å². The van der Waals surface area contributed by atoms with E-state index in [4.69, 9.17) is 5.73 Å². The number of thioether (sulfide) groups is 1. The predicted octanol–water partition coefficient (Wildman–Crippen LogP) is 2.86. The first-order valence-corrected chi connectivity index (χ1v) is 8.01.